The molecule has 2 heteroatoms. The molecule has 72 valence electrons. The van der Waals surface area contributed by atoms with E-state index in [9.17, 15) is 4.79 Å². The average Bonchev–Trinajstić information content (AvgIpc) is 2.20. The zero-order chi connectivity index (χ0) is 10.8. The maximum atomic E-state index is 9.44. The van der Waals surface area contributed by atoms with Crippen LogP contribution in [0.15, 0.2) is 55.3 Å². The Morgan fingerprint density at radius 3 is 2.14 bits per heavy atom. The largest absolute Gasteiger partial charge is 0.478 e. The van der Waals surface area contributed by atoms with Crippen molar-refractivity contribution in [3.05, 3.63) is 60.9 Å². The van der Waals surface area contributed by atoms with E-state index < -0.39 is 5.97 Å². The molecule has 0 aliphatic carbocycles. The molecule has 0 bridgehead atoms. The van der Waals surface area contributed by atoms with Crippen molar-refractivity contribution in [1.82, 2.24) is 0 Å². The highest BCUT2D eigenvalue weighted by Crippen LogP contribution is 1.97. The standard InChI is InChI=1S/C8H8.C4H4O2/c1-2-8-6-4-3-5-7-8;1-2-3-4(5)6/h2-7H,1H2;3H,1H2,(H,5,6). The van der Waals surface area contributed by atoms with Crippen molar-refractivity contribution >= 4 is 12.0 Å². The minimum Gasteiger partial charge on any atom is -0.478 e. The molecule has 0 saturated heterocycles. The first-order chi connectivity index (χ1) is 6.70. The highest BCUT2D eigenvalue weighted by molar-refractivity contribution is 5.79. The summed E-state index contributed by atoms with van der Waals surface area (Å²) in [7, 11) is 0. The molecule has 1 N–H and O–H groups in total. The summed E-state index contributed by atoms with van der Waals surface area (Å²) in [5.41, 5.74) is 3.27. The molecule has 0 unspecified atom stereocenters. The minimum absolute atomic E-state index is 0.847. The third-order valence-electron chi connectivity index (χ3n) is 1.26. The van der Waals surface area contributed by atoms with E-state index in [0.29, 0.717) is 0 Å². The Morgan fingerprint density at radius 1 is 1.36 bits per heavy atom. The van der Waals surface area contributed by atoms with E-state index >= 15 is 0 Å². The fraction of sp³-hybridized carbons (Fsp3) is 0. The Morgan fingerprint density at radius 2 is 1.93 bits per heavy atom. The van der Waals surface area contributed by atoms with E-state index in [2.05, 4.69) is 18.9 Å². The molecule has 1 aromatic rings. The Labute approximate surface area is 83.5 Å². The maximum Gasteiger partial charge on any atom is 0.336 e. The van der Waals surface area contributed by atoms with Gasteiger partial charge in [-0.25, -0.2) is 4.79 Å². The van der Waals surface area contributed by atoms with Crippen molar-refractivity contribution in [1.29, 1.82) is 0 Å². The van der Waals surface area contributed by atoms with Crippen molar-refractivity contribution in [2.45, 2.75) is 0 Å². The molecule has 2 nitrogen and oxygen atoms in total. The molecule has 0 amide bonds. The molecule has 0 fully saturated rings. The predicted molar refractivity (Wildman–Crippen MR) is 57.9 cm³/mol. The molecule has 0 atom stereocenters. The van der Waals surface area contributed by atoms with E-state index in [-0.39, 0.29) is 0 Å². The number of benzene rings is 1. The van der Waals surface area contributed by atoms with Gasteiger partial charge in [0.25, 0.3) is 0 Å². The third-order valence-corrected chi connectivity index (χ3v) is 1.26. The zero-order valence-electron chi connectivity index (χ0n) is 7.81. The fourth-order valence-corrected chi connectivity index (χ4v) is 0.676. The van der Waals surface area contributed by atoms with Crippen LogP contribution < -0.4 is 0 Å². The Hall–Kier alpha value is -2.05. The van der Waals surface area contributed by atoms with Crippen LogP contribution in [0.5, 0.6) is 0 Å². The first-order valence-corrected chi connectivity index (χ1v) is 3.97. The van der Waals surface area contributed by atoms with Gasteiger partial charge in [-0.05, 0) is 5.56 Å². The van der Waals surface area contributed by atoms with Crippen LogP contribution >= 0.6 is 0 Å². The van der Waals surface area contributed by atoms with Gasteiger partial charge in [-0.3, -0.25) is 0 Å². The van der Waals surface area contributed by atoms with E-state index in [0.717, 1.165) is 6.08 Å². The summed E-state index contributed by atoms with van der Waals surface area (Å²) in [6.07, 6.45) is 2.68. The average molecular weight is 188 g/mol. The van der Waals surface area contributed by atoms with Crippen molar-refractivity contribution < 1.29 is 9.90 Å². The Kier molecular flexibility index (Phi) is 6.48. The van der Waals surface area contributed by atoms with Crippen LogP contribution in [0, 0.1) is 0 Å². The van der Waals surface area contributed by atoms with Gasteiger partial charge in [-0.2, -0.15) is 0 Å². The summed E-state index contributed by atoms with van der Waals surface area (Å²) in [6.45, 7) is 6.67. The van der Waals surface area contributed by atoms with Gasteiger partial charge in [0.05, 0.1) is 6.08 Å². The molecule has 0 aromatic heterocycles. The van der Waals surface area contributed by atoms with Gasteiger partial charge in [0.1, 0.15) is 0 Å². The second-order valence-electron chi connectivity index (χ2n) is 2.30. The smallest absolute Gasteiger partial charge is 0.336 e. The van der Waals surface area contributed by atoms with Crippen LogP contribution in [0.1, 0.15) is 5.56 Å². The summed E-state index contributed by atoms with van der Waals surface area (Å²) in [4.78, 5) is 9.44. The molecular formula is C12H12O2. The van der Waals surface area contributed by atoms with E-state index in [1.807, 2.05) is 36.4 Å². The first kappa shape index (κ1) is 12.0. The maximum absolute atomic E-state index is 9.44. The van der Waals surface area contributed by atoms with Crippen LogP contribution in [-0.2, 0) is 4.79 Å². The van der Waals surface area contributed by atoms with Crippen molar-refractivity contribution in [3.8, 4) is 0 Å². The molecule has 1 rings (SSSR count). The molecular weight excluding hydrogens is 176 g/mol. The summed E-state index contributed by atoms with van der Waals surface area (Å²) in [5, 5.41) is 7.76. The van der Waals surface area contributed by atoms with Gasteiger partial charge < -0.3 is 5.11 Å². The fourth-order valence-electron chi connectivity index (χ4n) is 0.676. The van der Waals surface area contributed by atoms with Gasteiger partial charge in [0, 0.05) is 0 Å². The number of carbonyl (C=O) groups is 1. The lowest BCUT2D eigenvalue weighted by Gasteiger charge is -1.85. The van der Waals surface area contributed by atoms with Crippen LogP contribution in [0.4, 0.5) is 0 Å². The number of carboxylic acids is 1. The van der Waals surface area contributed by atoms with Gasteiger partial charge >= 0.3 is 5.97 Å². The summed E-state index contributed by atoms with van der Waals surface area (Å²) in [5.74, 6) is -1.01. The van der Waals surface area contributed by atoms with Gasteiger partial charge in [-0.15, -0.1) is 5.73 Å². The number of hydrogen-bond donors (Lipinski definition) is 1. The number of carboxylic acid groups (broad SMARTS) is 1. The third kappa shape index (κ3) is 6.65. The molecule has 0 aliphatic rings. The lowest BCUT2D eigenvalue weighted by atomic mass is 10.2. The van der Waals surface area contributed by atoms with Gasteiger partial charge in [-0.1, -0.05) is 49.6 Å². The van der Waals surface area contributed by atoms with Crippen LogP contribution in [0.25, 0.3) is 6.08 Å². The van der Waals surface area contributed by atoms with Crippen LogP contribution in [-0.4, -0.2) is 11.1 Å². The predicted octanol–water partition coefficient (Wildman–Crippen LogP) is 2.74. The van der Waals surface area contributed by atoms with Gasteiger partial charge in [0.2, 0.25) is 0 Å². The first-order valence-electron chi connectivity index (χ1n) is 3.97. The zero-order valence-corrected chi connectivity index (χ0v) is 7.81. The van der Waals surface area contributed by atoms with Crippen molar-refractivity contribution in [3.63, 3.8) is 0 Å². The topological polar surface area (TPSA) is 37.3 Å². The summed E-state index contributed by atoms with van der Waals surface area (Å²) >= 11 is 0. The van der Waals surface area contributed by atoms with Crippen molar-refractivity contribution in [2.24, 2.45) is 0 Å². The minimum atomic E-state index is -1.01. The highest BCUT2D eigenvalue weighted by Gasteiger charge is 1.76. The highest BCUT2D eigenvalue weighted by atomic mass is 16.4. The normalized spacial score (nSPS) is 7.43. The molecule has 0 radical (unpaired) electrons. The van der Waals surface area contributed by atoms with Gasteiger partial charge in [0.15, 0.2) is 0 Å². The number of hydrogen-bond acceptors (Lipinski definition) is 1. The molecule has 0 heterocycles. The molecule has 0 spiro atoms. The SMILES string of the molecule is C=C=CC(=O)O.C=Cc1ccccc1. The summed E-state index contributed by atoms with van der Waals surface area (Å²) in [6, 6.07) is 10.0. The summed E-state index contributed by atoms with van der Waals surface area (Å²) < 4.78 is 0. The van der Waals surface area contributed by atoms with E-state index in [1.54, 1.807) is 0 Å². The lowest BCUT2D eigenvalue weighted by Crippen LogP contribution is -1.82. The number of aliphatic carboxylic acids is 1. The van der Waals surface area contributed by atoms with Crippen LogP contribution in [0.3, 0.4) is 0 Å². The van der Waals surface area contributed by atoms with Crippen molar-refractivity contribution in [2.75, 3.05) is 0 Å². The second-order valence-corrected chi connectivity index (χ2v) is 2.30. The lowest BCUT2D eigenvalue weighted by molar-refractivity contribution is -0.131. The molecule has 0 saturated carbocycles. The number of rotatable bonds is 2. The quantitative estimate of drug-likeness (QED) is 0.572. The van der Waals surface area contributed by atoms with Crippen LogP contribution in [0.2, 0.25) is 0 Å². The molecule has 14 heavy (non-hydrogen) atoms. The Balaban J connectivity index is 0.000000255. The molecule has 1 aromatic carbocycles. The van der Waals surface area contributed by atoms with E-state index in [4.69, 9.17) is 5.11 Å². The second kappa shape index (κ2) is 7.59. The monoisotopic (exact) mass is 188 g/mol. The molecule has 0 aliphatic heterocycles. The van der Waals surface area contributed by atoms with E-state index in [1.165, 1.54) is 5.56 Å². The Bertz CT molecular complexity index is 333.